The number of carbonyl (C=O) groups excluding carboxylic acids is 1. The minimum atomic E-state index is 0. The monoisotopic (exact) mass is 552 g/mol. The Morgan fingerprint density at radius 1 is 1.00 bits per heavy atom. The lowest BCUT2D eigenvalue weighted by Crippen LogP contribution is -2.54. The second kappa shape index (κ2) is 12.4. The van der Waals surface area contributed by atoms with E-state index in [-0.39, 0.29) is 24.0 Å². The Morgan fingerprint density at radius 3 is 2.41 bits per heavy atom. The maximum atomic E-state index is 12.4. The second-order valence-corrected chi connectivity index (χ2v) is 8.57. The van der Waals surface area contributed by atoms with Gasteiger partial charge in [-0.25, -0.2) is 4.99 Å². The van der Waals surface area contributed by atoms with Gasteiger partial charge in [-0.05, 0) is 37.5 Å². The van der Waals surface area contributed by atoms with E-state index < -0.39 is 0 Å². The van der Waals surface area contributed by atoms with Crippen LogP contribution in [0.3, 0.4) is 0 Å². The SMILES string of the molecule is CCNC(=NCc1cccc(N2CC=CC2)c1)N1CCN(CC(=O)N2CCCC2)CC1.I. The first-order chi connectivity index (χ1) is 15.2. The van der Waals surface area contributed by atoms with E-state index in [2.05, 4.69) is 63.4 Å². The molecule has 0 radical (unpaired) electrons. The summed E-state index contributed by atoms with van der Waals surface area (Å²) in [7, 11) is 0. The molecule has 1 N–H and O–H groups in total. The van der Waals surface area contributed by atoms with Crippen molar-refractivity contribution in [1.29, 1.82) is 0 Å². The molecule has 3 aliphatic rings. The Labute approximate surface area is 209 Å². The van der Waals surface area contributed by atoms with Crippen molar-refractivity contribution < 1.29 is 4.79 Å². The van der Waals surface area contributed by atoms with Gasteiger partial charge in [-0.1, -0.05) is 24.3 Å². The molecule has 0 aliphatic carbocycles. The second-order valence-electron chi connectivity index (χ2n) is 8.57. The van der Waals surface area contributed by atoms with Crippen molar-refractivity contribution >= 4 is 41.5 Å². The quantitative estimate of drug-likeness (QED) is 0.254. The fourth-order valence-corrected chi connectivity index (χ4v) is 4.51. The van der Waals surface area contributed by atoms with Gasteiger partial charge < -0.3 is 20.0 Å². The average molecular weight is 553 g/mol. The minimum Gasteiger partial charge on any atom is -0.364 e. The largest absolute Gasteiger partial charge is 0.364 e. The lowest BCUT2D eigenvalue weighted by atomic mass is 10.2. The Bertz CT molecular complexity index is 791. The van der Waals surface area contributed by atoms with Gasteiger partial charge in [-0.2, -0.15) is 0 Å². The number of anilines is 1. The molecule has 3 aliphatic heterocycles. The summed E-state index contributed by atoms with van der Waals surface area (Å²) in [5.74, 6) is 1.26. The summed E-state index contributed by atoms with van der Waals surface area (Å²) in [6, 6.07) is 8.71. The molecule has 1 aromatic carbocycles. The number of halogens is 1. The first kappa shape index (κ1) is 24.8. The third-order valence-electron chi connectivity index (χ3n) is 6.33. The van der Waals surface area contributed by atoms with E-state index in [1.54, 1.807) is 0 Å². The first-order valence-corrected chi connectivity index (χ1v) is 11.7. The number of hydrogen-bond donors (Lipinski definition) is 1. The summed E-state index contributed by atoms with van der Waals surface area (Å²) >= 11 is 0. The van der Waals surface area contributed by atoms with Crippen LogP contribution in [-0.2, 0) is 11.3 Å². The number of nitrogens with zero attached hydrogens (tertiary/aromatic N) is 5. The molecule has 7 nitrogen and oxygen atoms in total. The van der Waals surface area contributed by atoms with Crippen LogP contribution in [-0.4, -0.2) is 92.0 Å². The van der Waals surface area contributed by atoms with Crippen molar-refractivity contribution in [1.82, 2.24) is 20.0 Å². The number of carbonyl (C=O) groups is 1. The van der Waals surface area contributed by atoms with Crippen molar-refractivity contribution in [2.75, 3.05) is 70.3 Å². The van der Waals surface area contributed by atoms with Crippen LogP contribution >= 0.6 is 24.0 Å². The Balaban J connectivity index is 0.00000289. The van der Waals surface area contributed by atoms with Gasteiger partial charge in [0.05, 0.1) is 13.1 Å². The molecule has 3 heterocycles. The molecule has 0 unspecified atom stereocenters. The molecule has 4 rings (SSSR count). The number of guanidine groups is 1. The summed E-state index contributed by atoms with van der Waals surface area (Å²) < 4.78 is 0. The van der Waals surface area contributed by atoms with E-state index >= 15 is 0 Å². The molecule has 0 aromatic heterocycles. The molecule has 0 atom stereocenters. The van der Waals surface area contributed by atoms with Gasteiger partial charge in [-0.15, -0.1) is 24.0 Å². The van der Waals surface area contributed by atoms with Gasteiger partial charge in [0.15, 0.2) is 5.96 Å². The number of nitrogens with one attached hydrogen (secondary N) is 1. The van der Waals surface area contributed by atoms with E-state index in [0.717, 1.165) is 77.7 Å². The van der Waals surface area contributed by atoms with Crippen molar-refractivity contribution in [2.45, 2.75) is 26.3 Å². The number of benzene rings is 1. The number of likely N-dealkylation sites (tertiary alicyclic amines) is 1. The van der Waals surface area contributed by atoms with Gasteiger partial charge in [0.1, 0.15) is 0 Å². The number of amides is 1. The summed E-state index contributed by atoms with van der Waals surface area (Å²) in [6.45, 7) is 11.6. The molecular formula is C24H37IN6O. The molecule has 8 heteroatoms. The van der Waals surface area contributed by atoms with Crippen molar-refractivity contribution in [3.05, 3.63) is 42.0 Å². The molecule has 2 fully saturated rings. The van der Waals surface area contributed by atoms with Gasteiger partial charge in [-0.3, -0.25) is 9.69 Å². The zero-order chi connectivity index (χ0) is 21.5. The molecular weight excluding hydrogens is 515 g/mol. The van der Waals surface area contributed by atoms with Crippen LogP contribution in [0.25, 0.3) is 0 Å². The van der Waals surface area contributed by atoms with Crippen LogP contribution in [0.15, 0.2) is 41.4 Å². The maximum absolute atomic E-state index is 12.4. The van der Waals surface area contributed by atoms with E-state index in [4.69, 9.17) is 4.99 Å². The Morgan fingerprint density at radius 2 is 1.72 bits per heavy atom. The van der Waals surface area contributed by atoms with Crippen molar-refractivity contribution in [3.63, 3.8) is 0 Å². The van der Waals surface area contributed by atoms with Crippen LogP contribution in [0.1, 0.15) is 25.3 Å². The summed E-state index contributed by atoms with van der Waals surface area (Å²) in [5.41, 5.74) is 2.49. The molecule has 0 saturated carbocycles. The summed E-state index contributed by atoms with van der Waals surface area (Å²) in [6.07, 6.45) is 6.73. The standard InChI is InChI=1S/C24H36N6O.HI/c1-2-25-24(26-19-21-8-7-9-22(18-21)28-10-3-4-11-28)30-16-14-27(15-17-30)20-23(31)29-12-5-6-13-29;/h3-4,7-9,18H,2,5-6,10-17,19-20H2,1H3,(H,25,26);1H. The normalized spacial score (nSPS) is 19.4. The topological polar surface area (TPSA) is 54.4 Å². The predicted octanol–water partition coefficient (Wildman–Crippen LogP) is 2.39. The third kappa shape index (κ3) is 6.60. The van der Waals surface area contributed by atoms with Crippen molar-refractivity contribution in [2.24, 2.45) is 4.99 Å². The van der Waals surface area contributed by atoms with Crippen molar-refractivity contribution in [3.8, 4) is 0 Å². The number of rotatable bonds is 6. The van der Waals surface area contributed by atoms with Gasteiger partial charge in [0.25, 0.3) is 0 Å². The van der Waals surface area contributed by atoms with E-state index in [9.17, 15) is 4.79 Å². The molecule has 176 valence electrons. The molecule has 1 amide bonds. The molecule has 1 aromatic rings. The van der Waals surface area contributed by atoms with Gasteiger partial charge in [0.2, 0.25) is 5.91 Å². The molecule has 0 bridgehead atoms. The number of piperazine rings is 1. The highest BCUT2D eigenvalue weighted by Gasteiger charge is 2.24. The predicted molar refractivity (Wildman–Crippen MR) is 142 cm³/mol. The fraction of sp³-hybridized carbons (Fsp3) is 0.583. The van der Waals surface area contributed by atoms with Crippen LogP contribution in [0.5, 0.6) is 0 Å². The third-order valence-corrected chi connectivity index (χ3v) is 6.33. The first-order valence-electron chi connectivity index (χ1n) is 11.7. The highest BCUT2D eigenvalue weighted by Crippen LogP contribution is 2.19. The lowest BCUT2D eigenvalue weighted by Gasteiger charge is -2.36. The summed E-state index contributed by atoms with van der Waals surface area (Å²) in [4.78, 5) is 26.4. The Hall–Kier alpha value is -1.81. The van der Waals surface area contributed by atoms with Crippen LogP contribution in [0, 0.1) is 0 Å². The van der Waals surface area contributed by atoms with Crippen LogP contribution in [0.4, 0.5) is 5.69 Å². The molecule has 32 heavy (non-hydrogen) atoms. The molecule has 0 spiro atoms. The van der Waals surface area contributed by atoms with E-state index in [1.165, 1.54) is 11.3 Å². The number of aliphatic imine (C=N–C) groups is 1. The van der Waals surface area contributed by atoms with Gasteiger partial charge in [0, 0.05) is 64.6 Å². The average Bonchev–Trinajstić information content (AvgIpc) is 3.52. The highest BCUT2D eigenvalue weighted by atomic mass is 127. The Kier molecular flexibility index (Phi) is 9.65. The maximum Gasteiger partial charge on any atom is 0.236 e. The summed E-state index contributed by atoms with van der Waals surface area (Å²) in [5, 5.41) is 3.45. The molecule has 2 saturated heterocycles. The number of hydrogen-bond acceptors (Lipinski definition) is 4. The minimum absolute atomic E-state index is 0. The van der Waals surface area contributed by atoms with Gasteiger partial charge >= 0.3 is 0 Å². The van der Waals surface area contributed by atoms with Crippen LogP contribution < -0.4 is 10.2 Å². The zero-order valence-corrected chi connectivity index (χ0v) is 21.5. The lowest BCUT2D eigenvalue weighted by molar-refractivity contribution is -0.131. The zero-order valence-electron chi connectivity index (χ0n) is 19.2. The van der Waals surface area contributed by atoms with Crippen LogP contribution in [0.2, 0.25) is 0 Å². The smallest absolute Gasteiger partial charge is 0.236 e. The highest BCUT2D eigenvalue weighted by molar-refractivity contribution is 14.0. The fourth-order valence-electron chi connectivity index (χ4n) is 4.51. The van der Waals surface area contributed by atoms with E-state index in [1.807, 2.05) is 4.90 Å². The van der Waals surface area contributed by atoms with E-state index in [0.29, 0.717) is 19.0 Å².